The Balaban J connectivity index is 1.32. The van der Waals surface area contributed by atoms with E-state index in [0.29, 0.717) is 18.9 Å². The van der Waals surface area contributed by atoms with Crippen molar-refractivity contribution in [2.75, 3.05) is 32.7 Å². The molecular weight excluding hydrogens is 500 g/mol. The third-order valence-corrected chi connectivity index (χ3v) is 9.21. The number of carbonyl (C=O) groups excluding carboxylic acids is 2. The van der Waals surface area contributed by atoms with Crippen LogP contribution in [0.5, 0.6) is 0 Å². The summed E-state index contributed by atoms with van der Waals surface area (Å²) in [6.45, 7) is 9.50. The predicted molar refractivity (Wildman–Crippen MR) is 158 cm³/mol. The number of piperazine rings is 1. The largest absolute Gasteiger partial charge is 0.380 e. The highest BCUT2D eigenvalue weighted by Crippen LogP contribution is 2.33. The number of hydrogen-bond acceptors (Lipinski definition) is 5. The fourth-order valence-corrected chi connectivity index (χ4v) is 7.14. The van der Waals surface area contributed by atoms with Crippen LogP contribution in [-0.2, 0) is 16.0 Å². The Bertz CT molecular complexity index is 1110. The highest BCUT2D eigenvalue weighted by atomic mass is 16.3. The lowest BCUT2D eigenvalue weighted by Crippen LogP contribution is -2.59. The molecule has 2 N–H and O–H groups in total. The Morgan fingerprint density at radius 1 is 1.12 bits per heavy atom. The normalized spacial score (nSPS) is 28.1. The number of β-amino-alcohol motifs (C(OH)–C–C–N with tert-alkyl or cyclic N) is 1. The van der Waals surface area contributed by atoms with Crippen molar-refractivity contribution in [3.05, 3.63) is 60.1 Å². The van der Waals surface area contributed by atoms with E-state index < -0.39 is 5.60 Å². The zero-order valence-corrected chi connectivity index (χ0v) is 24.6. The van der Waals surface area contributed by atoms with Crippen molar-refractivity contribution in [3.63, 3.8) is 0 Å². The number of nitrogens with one attached hydrogen (secondary N) is 1. The van der Waals surface area contributed by atoms with Crippen LogP contribution in [0, 0.1) is 17.8 Å². The van der Waals surface area contributed by atoms with Gasteiger partial charge in [0.2, 0.25) is 11.8 Å². The van der Waals surface area contributed by atoms with E-state index in [-0.39, 0.29) is 35.7 Å². The van der Waals surface area contributed by atoms with Crippen molar-refractivity contribution in [2.24, 2.45) is 17.8 Å². The van der Waals surface area contributed by atoms with E-state index in [0.717, 1.165) is 38.3 Å². The third-order valence-electron chi connectivity index (χ3n) is 9.21. The summed E-state index contributed by atoms with van der Waals surface area (Å²) in [6, 6.07) is 10.3. The number of amides is 2. The van der Waals surface area contributed by atoms with Gasteiger partial charge >= 0.3 is 0 Å². The molecule has 3 fully saturated rings. The van der Waals surface area contributed by atoms with E-state index in [1.165, 1.54) is 37.7 Å². The maximum atomic E-state index is 13.9. The topological polar surface area (TPSA) is 76.1 Å². The Morgan fingerprint density at radius 3 is 2.60 bits per heavy atom. The molecule has 2 amide bonds. The van der Waals surface area contributed by atoms with E-state index in [4.69, 9.17) is 0 Å². The molecule has 1 aromatic carbocycles. The molecule has 1 saturated carbocycles. The molecule has 7 heteroatoms. The van der Waals surface area contributed by atoms with E-state index in [2.05, 4.69) is 43.1 Å². The van der Waals surface area contributed by atoms with Crippen LogP contribution in [0.3, 0.4) is 0 Å². The van der Waals surface area contributed by atoms with Gasteiger partial charge < -0.3 is 20.2 Å². The van der Waals surface area contributed by atoms with Crippen molar-refractivity contribution in [1.29, 1.82) is 0 Å². The second-order valence-corrected chi connectivity index (χ2v) is 13.4. The van der Waals surface area contributed by atoms with Gasteiger partial charge in [-0.1, -0.05) is 69.4 Å². The molecule has 40 heavy (non-hydrogen) atoms. The Labute approximate surface area is 240 Å². The lowest BCUT2D eigenvalue weighted by molar-refractivity contribution is -0.133. The van der Waals surface area contributed by atoms with E-state index in [1.54, 1.807) is 22.1 Å². The summed E-state index contributed by atoms with van der Waals surface area (Å²) in [4.78, 5) is 32.6. The lowest BCUT2D eigenvalue weighted by Gasteiger charge is -2.46. The molecule has 0 bridgehead atoms. The molecule has 0 radical (unpaired) electrons. The summed E-state index contributed by atoms with van der Waals surface area (Å²) in [6.07, 6.45) is 13.9. The second-order valence-electron chi connectivity index (χ2n) is 13.4. The average molecular weight is 549 g/mol. The SMILES string of the molecule is CC(CC1CCCCC1)C(=O)N1C=CC(O)(CN2CC(Cc3ccccc3)CC2=O)C=C1N1CCNC(C)(C)C1. The molecule has 4 aliphatic rings. The number of benzene rings is 1. The number of carbonyl (C=O) groups is 2. The molecule has 1 aromatic rings. The molecule has 0 spiro atoms. The van der Waals surface area contributed by atoms with Gasteiger partial charge in [-0.3, -0.25) is 14.5 Å². The lowest BCUT2D eigenvalue weighted by atomic mass is 9.83. The summed E-state index contributed by atoms with van der Waals surface area (Å²) in [5, 5.41) is 15.4. The van der Waals surface area contributed by atoms with E-state index >= 15 is 0 Å². The smallest absolute Gasteiger partial charge is 0.235 e. The first-order valence-corrected chi connectivity index (χ1v) is 15.4. The highest BCUT2D eigenvalue weighted by Gasteiger charge is 2.40. The zero-order valence-electron chi connectivity index (χ0n) is 24.6. The monoisotopic (exact) mass is 548 g/mol. The maximum Gasteiger partial charge on any atom is 0.235 e. The van der Waals surface area contributed by atoms with Crippen LogP contribution in [0.25, 0.3) is 0 Å². The van der Waals surface area contributed by atoms with Crippen molar-refractivity contribution in [2.45, 2.75) is 83.3 Å². The van der Waals surface area contributed by atoms with Crippen LogP contribution >= 0.6 is 0 Å². The first-order chi connectivity index (χ1) is 19.1. The summed E-state index contributed by atoms with van der Waals surface area (Å²) < 4.78 is 0. The molecule has 7 nitrogen and oxygen atoms in total. The second kappa shape index (κ2) is 12.1. The first kappa shape index (κ1) is 28.9. The molecule has 3 heterocycles. The summed E-state index contributed by atoms with van der Waals surface area (Å²) in [5.41, 5.74) is -0.208. The minimum Gasteiger partial charge on any atom is -0.380 e. The molecule has 3 aliphatic heterocycles. The zero-order chi connectivity index (χ0) is 28.3. The van der Waals surface area contributed by atoms with Crippen LogP contribution in [0.4, 0.5) is 0 Å². The van der Waals surface area contributed by atoms with E-state index in [9.17, 15) is 14.7 Å². The standard InChI is InChI=1S/C33H48N4O3/c1-25(18-26-10-6-4-7-11-26)31(39)37-16-14-33(40,21-29(37)35-17-15-34-32(2,3)23-35)24-36-22-28(20-30(36)38)19-27-12-8-5-9-13-27/h5,8-9,12-14,16,21,25-26,28,34,40H,4,6-7,10-11,15,17-20,22-24H2,1-3H3. The number of nitrogens with zero attached hydrogens (tertiary/aromatic N) is 3. The molecule has 3 atom stereocenters. The molecule has 2 saturated heterocycles. The molecule has 218 valence electrons. The Kier molecular flexibility index (Phi) is 8.72. The van der Waals surface area contributed by atoms with Gasteiger partial charge in [0.1, 0.15) is 11.4 Å². The summed E-state index contributed by atoms with van der Waals surface area (Å²) >= 11 is 0. The number of rotatable bonds is 8. The van der Waals surface area contributed by atoms with Crippen molar-refractivity contribution >= 4 is 11.8 Å². The summed E-state index contributed by atoms with van der Waals surface area (Å²) in [5.74, 6) is 1.69. The molecule has 1 aliphatic carbocycles. The van der Waals surface area contributed by atoms with Gasteiger partial charge in [-0.2, -0.15) is 0 Å². The Morgan fingerprint density at radius 2 is 1.88 bits per heavy atom. The van der Waals surface area contributed by atoms with Crippen molar-refractivity contribution in [1.82, 2.24) is 20.0 Å². The van der Waals surface area contributed by atoms with Crippen molar-refractivity contribution in [3.8, 4) is 0 Å². The van der Waals surface area contributed by atoms with Crippen LogP contribution in [-0.4, -0.2) is 75.5 Å². The van der Waals surface area contributed by atoms with Gasteiger partial charge in [-0.05, 0) is 56.2 Å². The van der Waals surface area contributed by atoms with Gasteiger partial charge in [0, 0.05) is 50.3 Å². The predicted octanol–water partition coefficient (Wildman–Crippen LogP) is 4.30. The van der Waals surface area contributed by atoms with Gasteiger partial charge in [0.05, 0.1) is 6.54 Å². The molecule has 0 aromatic heterocycles. The van der Waals surface area contributed by atoms with Crippen LogP contribution in [0.15, 0.2) is 54.5 Å². The minimum absolute atomic E-state index is 0.0839. The Hall–Kier alpha value is -2.64. The minimum atomic E-state index is -1.33. The quantitative estimate of drug-likeness (QED) is 0.507. The summed E-state index contributed by atoms with van der Waals surface area (Å²) in [7, 11) is 0. The maximum absolute atomic E-state index is 13.9. The molecule has 3 unspecified atom stereocenters. The fraction of sp³-hybridized carbons (Fsp3) is 0.636. The number of hydrogen-bond donors (Lipinski definition) is 2. The number of likely N-dealkylation sites (tertiary alicyclic amines) is 1. The van der Waals surface area contributed by atoms with E-state index in [1.807, 2.05) is 24.3 Å². The van der Waals surface area contributed by atoms with Gasteiger partial charge in [0.15, 0.2) is 0 Å². The first-order valence-electron chi connectivity index (χ1n) is 15.4. The van der Waals surface area contributed by atoms with Gasteiger partial charge in [-0.15, -0.1) is 0 Å². The third kappa shape index (κ3) is 6.98. The van der Waals surface area contributed by atoms with Gasteiger partial charge in [0.25, 0.3) is 0 Å². The van der Waals surface area contributed by atoms with Crippen LogP contribution in [0.1, 0.15) is 71.3 Å². The van der Waals surface area contributed by atoms with Gasteiger partial charge in [-0.25, -0.2) is 0 Å². The molecular formula is C33H48N4O3. The van der Waals surface area contributed by atoms with Crippen molar-refractivity contribution < 1.29 is 14.7 Å². The van der Waals surface area contributed by atoms with Crippen LogP contribution in [0.2, 0.25) is 0 Å². The fourth-order valence-electron chi connectivity index (χ4n) is 7.14. The highest BCUT2D eigenvalue weighted by molar-refractivity contribution is 5.82. The van der Waals surface area contributed by atoms with Crippen LogP contribution < -0.4 is 5.32 Å². The number of aliphatic hydroxyl groups is 1. The average Bonchev–Trinajstić information content (AvgIpc) is 3.26. The molecule has 5 rings (SSSR count).